The van der Waals surface area contributed by atoms with Crippen molar-refractivity contribution in [3.8, 4) is 6.07 Å². The van der Waals surface area contributed by atoms with E-state index in [4.69, 9.17) is 16.9 Å². The second-order valence-corrected chi connectivity index (χ2v) is 2.81. The van der Waals surface area contributed by atoms with Gasteiger partial charge in [0, 0.05) is 6.20 Å². The third-order valence-electron chi connectivity index (χ3n) is 1.62. The maximum absolute atomic E-state index is 12.3. The van der Waals surface area contributed by atoms with Gasteiger partial charge in [0.25, 0.3) is 6.43 Å². The monoisotopic (exact) mass is 202 g/mol. The summed E-state index contributed by atoms with van der Waals surface area (Å²) in [7, 11) is 0. The summed E-state index contributed by atoms with van der Waals surface area (Å²) in [5.74, 6) is 0. The van der Waals surface area contributed by atoms with E-state index in [9.17, 15) is 8.78 Å². The van der Waals surface area contributed by atoms with Crippen molar-refractivity contribution < 1.29 is 8.78 Å². The highest BCUT2D eigenvalue weighted by molar-refractivity contribution is 6.31. The van der Waals surface area contributed by atoms with E-state index in [1.807, 2.05) is 0 Å². The highest BCUT2D eigenvalue weighted by atomic mass is 35.5. The van der Waals surface area contributed by atoms with E-state index in [2.05, 4.69) is 4.98 Å². The van der Waals surface area contributed by atoms with Crippen LogP contribution in [0.25, 0.3) is 0 Å². The Kier molecular flexibility index (Phi) is 2.79. The van der Waals surface area contributed by atoms with Gasteiger partial charge in [0.05, 0.1) is 10.6 Å². The second kappa shape index (κ2) is 3.67. The van der Waals surface area contributed by atoms with Crippen LogP contribution >= 0.6 is 11.6 Å². The Morgan fingerprint density at radius 2 is 2.23 bits per heavy atom. The van der Waals surface area contributed by atoms with E-state index in [0.29, 0.717) is 5.56 Å². The number of aromatic nitrogens is 1. The zero-order valence-corrected chi connectivity index (χ0v) is 7.44. The fourth-order valence-corrected chi connectivity index (χ4v) is 1.05. The summed E-state index contributed by atoms with van der Waals surface area (Å²) >= 11 is 5.61. The molecule has 0 atom stereocenters. The second-order valence-electron chi connectivity index (χ2n) is 2.40. The van der Waals surface area contributed by atoms with Gasteiger partial charge in [-0.05, 0) is 12.5 Å². The Morgan fingerprint density at radius 3 is 2.69 bits per heavy atom. The van der Waals surface area contributed by atoms with Crippen LogP contribution in [0.3, 0.4) is 0 Å². The summed E-state index contributed by atoms with van der Waals surface area (Å²) in [5.41, 5.74) is -0.304. The average molecular weight is 203 g/mol. The highest BCUT2D eigenvalue weighted by Gasteiger charge is 2.17. The Bertz CT molecular complexity index is 371. The van der Waals surface area contributed by atoms with Crippen molar-refractivity contribution in [1.82, 2.24) is 4.98 Å². The summed E-state index contributed by atoms with van der Waals surface area (Å²) in [4.78, 5) is 3.40. The number of hydrogen-bond acceptors (Lipinski definition) is 2. The van der Waals surface area contributed by atoms with Gasteiger partial charge in [-0.15, -0.1) is 0 Å². The molecule has 5 heteroatoms. The maximum atomic E-state index is 12.3. The van der Waals surface area contributed by atoms with Crippen LogP contribution < -0.4 is 0 Å². The van der Waals surface area contributed by atoms with Crippen LogP contribution in [0.15, 0.2) is 6.20 Å². The lowest BCUT2D eigenvalue weighted by molar-refractivity contribution is 0.145. The van der Waals surface area contributed by atoms with E-state index in [1.54, 1.807) is 6.07 Å². The lowest BCUT2D eigenvalue weighted by atomic mass is 10.1. The molecule has 1 aromatic rings. The number of pyridine rings is 1. The van der Waals surface area contributed by atoms with Gasteiger partial charge in [0.1, 0.15) is 11.8 Å². The molecule has 0 aliphatic rings. The topological polar surface area (TPSA) is 36.7 Å². The minimum absolute atomic E-state index is 0.137. The summed E-state index contributed by atoms with van der Waals surface area (Å²) < 4.78 is 24.5. The standard InChI is InChI=1S/C8H5ClF2N2/c1-4-5(2-12)7(8(10)11)13-3-6(4)9/h3,8H,1H3. The predicted molar refractivity (Wildman–Crippen MR) is 43.7 cm³/mol. The minimum atomic E-state index is -2.74. The number of rotatable bonds is 1. The molecule has 0 radical (unpaired) electrons. The van der Waals surface area contributed by atoms with Gasteiger partial charge in [0.2, 0.25) is 0 Å². The molecule has 0 aliphatic carbocycles. The van der Waals surface area contributed by atoms with Crippen LogP contribution in [0.4, 0.5) is 8.78 Å². The molecule has 0 amide bonds. The molecule has 0 N–H and O–H groups in total. The van der Waals surface area contributed by atoms with Gasteiger partial charge in [0.15, 0.2) is 0 Å². The van der Waals surface area contributed by atoms with Gasteiger partial charge < -0.3 is 0 Å². The molecular weight excluding hydrogens is 198 g/mol. The number of nitrogens with zero attached hydrogens (tertiary/aromatic N) is 2. The zero-order chi connectivity index (χ0) is 10.0. The van der Waals surface area contributed by atoms with Crippen molar-refractivity contribution >= 4 is 11.6 Å². The van der Waals surface area contributed by atoms with E-state index < -0.39 is 12.1 Å². The maximum Gasteiger partial charge on any atom is 0.281 e. The first-order chi connectivity index (χ1) is 6.07. The van der Waals surface area contributed by atoms with E-state index in [1.165, 1.54) is 6.92 Å². The van der Waals surface area contributed by atoms with Crippen molar-refractivity contribution in [3.05, 3.63) is 28.0 Å². The first-order valence-electron chi connectivity index (χ1n) is 3.41. The molecule has 1 heterocycles. The molecule has 0 bridgehead atoms. The molecule has 0 saturated heterocycles. The highest BCUT2D eigenvalue weighted by Crippen LogP contribution is 2.26. The van der Waals surface area contributed by atoms with Gasteiger partial charge >= 0.3 is 0 Å². The molecule has 0 spiro atoms. The van der Waals surface area contributed by atoms with E-state index in [-0.39, 0.29) is 10.6 Å². The van der Waals surface area contributed by atoms with Gasteiger partial charge in [-0.1, -0.05) is 11.6 Å². The Hall–Kier alpha value is -1.21. The minimum Gasteiger partial charge on any atom is -0.252 e. The number of nitriles is 1. The number of halogens is 3. The Balaban J connectivity index is 3.41. The fraction of sp³-hybridized carbons (Fsp3) is 0.250. The third-order valence-corrected chi connectivity index (χ3v) is 2.01. The van der Waals surface area contributed by atoms with Crippen LogP contribution in [0.2, 0.25) is 5.02 Å². The van der Waals surface area contributed by atoms with Crippen LogP contribution in [0, 0.1) is 18.3 Å². The molecule has 0 fully saturated rings. The van der Waals surface area contributed by atoms with E-state index >= 15 is 0 Å². The molecule has 1 rings (SSSR count). The third kappa shape index (κ3) is 1.76. The molecule has 0 saturated carbocycles. The largest absolute Gasteiger partial charge is 0.281 e. The predicted octanol–water partition coefficient (Wildman–Crippen LogP) is 2.85. The van der Waals surface area contributed by atoms with Gasteiger partial charge in [-0.2, -0.15) is 5.26 Å². The zero-order valence-electron chi connectivity index (χ0n) is 6.68. The van der Waals surface area contributed by atoms with Crippen molar-refractivity contribution in [3.63, 3.8) is 0 Å². The lowest BCUT2D eigenvalue weighted by Crippen LogP contribution is -1.98. The summed E-state index contributed by atoms with van der Waals surface area (Å²) in [5, 5.41) is 8.81. The molecule has 1 aromatic heterocycles. The molecular formula is C8H5ClF2N2. The van der Waals surface area contributed by atoms with Crippen molar-refractivity contribution in [1.29, 1.82) is 5.26 Å². The van der Waals surface area contributed by atoms with Crippen molar-refractivity contribution in [2.24, 2.45) is 0 Å². The summed E-state index contributed by atoms with van der Waals surface area (Å²) in [6, 6.07) is 1.66. The van der Waals surface area contributed by atoms with Crippen molar-refractivity contribution in [2.75, 3.05) is 0 Å². The molecule has 68 valence electrons. The number of alkyl halides is 2. The summed E-state index contributed by atoms with van der Waals surface area (Å²) in [6.45, 7) is 1.51. The Morgan fingerprint density at radius 1 is 1.62 bits per heavy atom. The first-order valence-corrected chi connectivity index (χ1v) is 3.79. The van der Waals surface area contributed by atoms with Gasteiger partial charge in [-0.3, -0.25) is 4.98 Å². The van der Waals surface area contributed by atoms with Crippen LogP contribution in [-0.4, -0.2) is 4.98 Å². The quantitative estimate of drug-likeness (QED) is 0.702. The van der Waals surface area contributed by atoms with Crippen molar-refractivity contribution in [2.45, 2.75) is 13.3 Å². The van der Waals surface area contributed by atoms with Crippen LogP contribution in [0.1, 0.15) is 23.2 Å². The molecule has 0 aromatic carbocycles. The van der Waals surface area contributed by atoms with Crippen LogP contribution in [-0.2, 0) is 0 Å². The number of hydrogen-bond donors (Lipinski definition) is 0. The molecule has 13 heavy (non-hydrogen) atoms. The van der Waals surface area contributed by atoms with Gasteiger partial charge in [-0.25, -0.2) is 8.78 Å². The SMILES string of the molecule is Cc1c(Cl)cnc(C(F)F)c1C#N. The molecule has 2 nitrogen and oxygen atoms in total. The Labute approximate surface area is 78.8 Å². The molecule has 0 aliphatic heterocycles. The summed E-state index contributed by atoms with van der Waals surface area (Å²) in [6.07, 6.45) is -1.62. The van der Waals surface area contributed by atoms with E-state index in [0.717, 1.165) is 6.20 Å². The molecule has 0 unspecified atom stereocenters. The lowest BCUT2D eigenvalue weighted by Gasteiger charge is -2.05. The van der Waals surface area contributed by atoms with Crippen LogP contribution in [0.5, 0.6) is 0 Å². The average Bonchev–Trinajstić information content (AvgIpc) is 2.09. The smallest absolute Gasteiger partial charge is 0.252 e. The fourth-order valence-electron chi connectivity index (χ4n) is 0.906. The normalized spacial score (nSPS) is 10.2. The first kappa shape index (κ1) is 9.87.